The first-order valence-corrected chi connectivity index (χ1v) is 9.18. The molecule has 1 aromatic carbocycles. The summed E-state index contributed by atoms with van der Waals surface area (Å²) in [7, 11) is 0.0275. The minimum absolute atomic E-state index is 0.229. The van der Waals surface area contributed by atoms with Crippen molar-refractivity contribution in [3.05, 3.63) is 61.2 Å². The number of aromatic nitrogens is 4. The molecule has 0 aliphatic rings. The van der Waals surface area contributed by atoms with E-state index in [4.69, 9.17) is 0 Å². The fourth-order valence-electron chi connectivity index (χ4n) is 2.86. The molecule has 6 nitrogen and oxygen atoms in total. The Hall–Kier alpha value is -2.87. The van der Waals surface area contributed by atoms with Gasteiger partial charge < -0.3 is 0 Å². The summed E-state index contributed by atoms with van der Waals surface area (Å²) in [5.74, 6) is 0. The summed E-state index contributed by atoms with van der Waals surface area (Å²) in [6, 6.07) is 10.3. The molecule has 0 atom stereocenters. The highest BCUT2D eigenvalue weighted by atomic mass is 32.2. The van der Waals surface area contributed by atoms with E-state index in [1.807, 2.05) is 27.2 Å². The van der Waals surface area contributed by atoms with Gasteiger partial charge in [0.25, 0.3) is 10.0 Å². The highest BCUT2D eigenvalue weighted by Gasteiger charge is 2.23. The summed E-state index contributed by atoms with van der Waals surface area (Å²) in [6.07, 6.45) is 6.87. The standard InChI is InChI=1S/C17H15BN4O2S/c1-21-10-12(8-20-21)16-11-22(17-15(16)7-13(18)9-19-17)25(23,24)14-5-3-2-4-6-14/h2-11H,18H2,1H3. The lowest BCUT2D eigenvalue weighted by atomic mass is 9.96. The van der Waals surface area contributed by atoms with Gasteiger partial charge in [-0.2, -0.15) is 5.10 Å². The van der Waals surface area contributed by atoms with Crippen LogP contribution in [0.15, 0.2) is 66.1 Å². The van der Waals surface area contributed by atoms with Crippen LogP contribution in [0.4, 0.5) is 0 Å². The third-order valence-corrected chi connectivity index (χ3v) is 5.73. The second kappa shape index (κ2) is 5.59. The molecule has 0 saturated heterocycles. The molecule has 0 radical (unpaired) electrons. The Kier molecular flexibility index (Phi) is 3.50. The maximum absolute atomic E-state index is 13.1. The number of hydrogen-bond donors (Lipinski definition) is 0. The molecule has 0 spiro atoms. The van der Waals surface area contributed by atoms with Gasteiger partial charge in [-0.3, -0.25) is 4.68 Å². The Morgan fingerprint density at radius 3 is 2.52 bits per heavy atom. The first-order valence-electron chi connectivity index (χ1n) is 7.74. The zero-order valence-corrected chi connectivity index (χ0v) is 14.6. The van der Waals surface area contributed by atoms with Gasteiger partial charge in [-0.05, 0) is 12.1 Å². The van der Waals surface area contributed by atoms with Gasteiger partial charge in [0.1, 0.15) is 7.85 Å². The molecule has 0 aliphatic carbocycles. The summed E-state index contributed by atoms with van der Waals surface area (Å²) in [5, 5.41) is 4.97. The van der Waals surface area contributed by atoms with Crippen LogP contribution in [0, 0.1) is 0 Å². The van der Waals surface area contributed by atoms with Gasteiger partial charge in [-0.1, -0.05) is 29.7 Å². The largest absolute Gasteiger partial charge is 0.275 e. The molecular formula is C17H15BN4O2S. The van der Waals surface area contributed by atoms with E-state index < -0.39 is 10.0 Å². The van der Waals surface area contributed by atoms with Crippen LogP contribution in [0.3, 0.4) is 0 Å². The van der Waals surface area contributed by atoms with E-state index >= 15 is 0 Å². The maximum Gasteiger partial charge on any atom is 0.269 e. The number of fused-ring (bicyclic) bond motifs is 1. The molecule has 0 fully saturated rings. The fourth-order valence-corrected chi connectivity index (χ4v) is 4.21. The number of hydrogen-bond acceptors (Lipinski definition) is 4. The van der Waals surface area contributed by atoms with Crippen LogP contribution in [0.5, 0.6) is 0 Å². The van der Waals surface area contributed by atoms with Crippen molar-refractivity contribution in [2.75, 3.05) is 0 Å². The zero-order valence-electron chi connectivity index (χ0n) is 13.8. The second-order valence-corrected chi connectivity index (χ2v) is 7.76. The number of pyridine rings is 1. The molecule has 4 rings (SSSR count). The van der Waals surface area contributed by atoms with Crippen molar-refractivity contribution in [3.63, 3.8) is 0 Å². The van der Waals surface area contributed by atoms with Crippen LogP contribution in [0.25, 0.3) is 22.2 Å². The third-order valence-electron chi connectivity index (χ3n) is 4.06. The molecule has 3 aromatic heterocycles. The monoisotopic (exact) mass is 350 g/mol. The normalized spacial score (nSPS) is 11.9. The third kappa shape index (κ3) is 2.55. The molecule has 0 aliphatic heterocycles. The molecule has 0 bridgehead atoms. The van der Waals surface area contributed by atoms with Crippen LogP contribution >= 0.6 is 0 Å². The van der Waals surface area contributed by atoms with E-state index in [9.17, 15) is 8.42 Å². The first kappa shape index (κ1) is 15.7. The number of aryl methyl sites for hydroxylation is 1. The number of benzene rings is 1. The number of rotatable bonds is 3. The zero-order chi connectivity index (χ0) is 17.6. The Labute approximate surface area is 146 Å². The Morgan fingerprint density at radius 1 is 1.08 bits per heavy atom. The van der Waals surface area contributed by atoms with Crippen LogP contribution in [0.2, 0.25) is 0 Å². The molecule has 3 heterocycles. The topological polar surface area (TPSA) is 69.8 Å². The van der Waals surface area contributed by atoms with Crippen LogP contribution in [-0.2, 0) is 17.1 Å². The van der Waals surface area contributed by atoms with Crippen molar-refractivity contribution in [3.8, 4) is 11.1 Å². The summed E-state index contributed by atoms with van der Waals surface area (Å²) < 4.78 is 29.1. The maximum atomic E-state index is 13.1. The fraction of sp³-hybridized carbons (Fsp3) is 0.0588. The van der Waals surface area contributed by atoms with Gasteiger partial charge in [0.2, 0.25) is 0 Å². The predicted octanol–water partition coefficient (Wildman–Crippen LogP) is 0.932. The molecule has 25 heavy (non-hydrogen) atoms. The summed E-state index contributed by atoms with van der Waals surface area (Å²) >= 11 is 0. The highest BCUT2D eigenvalue weighted by molar-refractivity contribution is 7.90. The van der Waals surface area contributed by atoms with Gasteiger partial charge in [-0.15, -0.1) is 0 Å². The smallest absolute Gasteiger partial charge is 0.269 e. The average molecular weight is 350 g/mol. The van der Waals surface area contributed by atoms with Gasteiger partial charge in [0.05, 0.1) is 11.1 Å². The molecule has 0 saturated carbocycles. The van der Waals surface area contributed by atoms with E-state index in [0.29, 0.717) is 5.65 Å². The van der Waals surface area contributed by atoms with E-state index in [1.54, 1.807) is 53.6 Å². The lowest BCUT2D eigenvalue weighted by molar-refractivity contribution is 0.589. The summed E-state index contributed by atoms with van der Waals surface area (Å²) in [6.45, 7) is 0. The Balaban J connectivity index is 2.03. The van der Waals surface area contributed by atoms with Gasteiger partial charge >= 0.3 is 0 Å². The SMILES string of the molecule is Bc1cnc2c(c1)c(-c1cnn(C)c1)cn2S(=O)(=O)c1ccccc1. The highest BCUT2D eigenvalue weighted by Crippen LogP contribution is 2.31. The van der Waals surface area contributed by atoms with Gasteiger partial charge in [0, 0.05) is 42.2 Å². The van der Waals surface area contributed by atoms with Crippen LogP contribution in [-0.4, -0.2) is 35.0 Å². The minimum atomic E-state index is -3.73. The summed E-state index contributed by atoms with van der Waals surface area (Å²) in [5.41, 5.74) is 3.02. The van der Waals surface area contributed by atoms with E-state index in [1.165, 1.54) is 3.97 Å². The quantitative estimate of drug-likeness (QED) is 0.516. The van der Waals surface area contributed by atoms with Crippen LogP contribution < -0.4 is 5.46 Å². The molecule has 4 aromatic rings. The lowest BCUT2D eigenvalue weighted by Crippen LogP contribution is -2.13. The van der Waals surface area contributed by atoms with Gasteiger partial charge in [0.15, 0.2) is 5.65 Å². The van der Waals surface area contributed by atoms with Crippen molar-refractivity contribution in [2.24, 2.45) is 7.05 Å². The van der Waals surface area contributed by atoms with Crippen molar-refractivity contribution in [1.82, 2.24) is 18.7 Å². The van der Waals surface area contributed by atoms with Crippen molar-refractivity contribution in [2.45, 2.75) is 4.90 Å². The summed E-state index contributed by atoms with van der Waals surface area (Å²) in [4.78, 5) is 4.61. The molecular weight excluding hydrogens is 335 g/mol. The van der Waals surface area contributed by atoms with E-state index in [2.05, 4.69) is 10.1 Å². The molecule has 0 unspecified atom stereocenters. The number of nitrogens with zero attached hydrogens (tertiary/aromatic N) is 4. The molecule has 0 amide bonds. The van der Waals surface area contributed by atoms with E-state index in [-0.39, 0.29) is 4.90 Å². The van der Waals surface area contributed by atoms with Crippen LogP contribution in [0.1, 0.15) is 0 Å². The Bertz CT molecular complexity index is 1180. The van der Waals surface area contributed by atoms with Crippen molar-refractivity contribution < 1.29 is 8.42 Å². The minimum Gasteiger partial charge on any atom is -0.275 e. The Morgan fingerprint density at radius 2 is 1.84 bits per heavy atom. The molecule has 8 heteroatoms. The lowest BCUT2D eigenvalue weighted by Gasteiger charge is -2.06. The van der Waals surface area contributed by atoms with Crippen molar-refractivity contribution >= 4 is 34.4 Å². The van der Waals surface area contributed by atoms with Gasteiger partial charge in [-0.25, -0.2) is 17.4 Å². The van der Waals surface area contributed by atoms with E-state index in [0.717, 1.165) is 22.0 Å². The molecule has 0 N–H and O–H groups in total. The van der Waals surface area contributed by atoms with Crippen molar-refractivity contribution in [1.29, 1.82) is 0 Å². The average Bonchev–Trinajstić information content (AvgIpc) is 3.19. The predicted molar refractivity (Wildman–Crippen MR) is 99.1 cm³/mol. The first-order chi connectivity index (χ1) is 12.0. The molecule has 124 valence electrons. The second-order valence-electron chi connectivity index (χ2n) is 5.94.